The Hall–Kier alpha value is -1.39. The van der Waals surface area contributed by atoms with Gasteiger partial charge in [0, 0.05) is 11.5 Å². The van der Waals surface area contributed by atoms with Gasteiger partial charge in [-0.25, -0.2) is 4.98 Å². The van der Waals surface area contributed by atoms with Gasteiger partial charge in [-0.05, 0) is 29.8 Å². The molecule has 2 aromatic rings. The first kappa shape index (κ1) is 13.1. The minimum Gasteiger partial charge on any atom is -0.373 e. The molecule has 94 valence electrons. The van der Waals surface area contributed by atoms with Crippen LogP contribution in [0, 0.1) is 0 Å². The number of nitrogens with zero attached hydrogens (tertiary/aromatic N) is 1. The Morgan fingerprint density at radius 3 is 2.78 bits per heavy atom. The maximum atomic E-state index is 5.65. The van der Waals surface area contributed by atoms with Crippen molar-refractivity contribution in [2.75, 3.05) is 12.4 Å². The van der Waals surface area contributed by atoms with E-state index in [1.807, 2.05) is 43.4 Å². The van der Waals surface area contributed by atoms with Gasteiger partial charge in [-0.3, -0.25) is 0 Å². The van der Waals surface area contributed by atoms with Crippen LogP contribution in [0.4, 0.5) is 5.82 Å². The Labute approximate surface area is 115 Å². The van der Waals surface area contributed by atoms with Crippen LogP contribution in [0.1, 0.15) is 11.3 Å². The molecule has 4 heteroatoms. The van der Waals surface area contributed by atoms with E-state index in [-0.39, 0.29) is 0 Å². The monoisotopic (exact) mass is 306 g/mol. The molecule has 3 nitrogen and oxygen atoms in total. The molecule has 0 aliphatic rings. The maximum absolute atomic E-state index is 5.65. The van der Waals surface area contributed by atoms with Crippen molar-refractivity contribution in [1.82, 2.24) is 4.98 Å². The van der Waals surface area contributed by atoms with E-state index in [2.05, 4.69) is 32.3 Å². The van der Waals surface area contributed by atoms with Crippen LogP contribution < -0.4 is 5.32 Å². The first-order chi connectivity index (χ1) is 8.78. The van der Waals surface area contributed by atoms with Gasteiger partial charge in [0.15, 0.2) is 0 Å². The summed E-state index contributed by atoms with van der Waals surface area (Å²) in [6.45, 7) is 1.10. The summed E-state index contributed by atoms with van der Waals surface area (Å²) >= 11 is 3.44. The Kier molecular flexibility index (Phi) is 4.73. The number of hydrogen-bond acceptors (Lipinski definition) is 3. The summed E-state index contributed by atoms with van der Waals surface area (Å²) in [4.78, 5) is 4.39. The predicted molar refractivity (Wildman–Crippen MR) is 76.4 cm³/mol. The molecule has 1 heterocycles. The SMILES string of the molecule is CNc1cccc(COCc2cccc(Br)c2)n1. The predicted octanol–water partition coefficient (Wildman–Crippen LogP) is 3.60. The zero-order valence-corrected chi connectivity index (χ0v) is 11.8. The third kappa shape index (κ3) is 3.82. The number of halogens is 1. The Morgan fingerprint density at radius 1 is 1.17 bits per heavy atom. The minimum atomic E-state index is 0.516. The molecule has 0 fully saturated rings. The van der Waals surface area contributed by atoms with Crippen molar-refractivity contribution in [3.8, 4) is 0 Å². The molecule has 1 N–H and O–H groups in total. The molecule has 0 amide bonds. The molecule has 0 spiro atoms. The lowest BCUT2D eigenvalue weighted by Gasteiger charge is -2.06. The van der Waals surface area contributed by atoms with Crippen molar-refractivity contribution < 1.29 is 4.74 Å². The molecule has 0 atom stereocenters. The lowest BCUT2D eigenvalue weighted by atomic mass is 10.2. The van der Waals surface area contributed by atoms with E-state index in [0.29, 0.717) is 13.2 Å². The number of benzene rings is 1. The van der Waals surface area contributed by atoms with Crippen LogP contribution in [0.2, 0.25) is 0 Å². The number of nitrogens with one attached hydrogen (secondary N) is 1. The summed E-state index contributed by atoms with van der Waals surface area (Å²) in [5, 5.41) is 3.01. The van der Waals surface area contributed by atoms with Gasteiger partial charge in [0.05, 0.1) is 18.9 Å². The van der Waals surface area contributed by atoms with Gasteiger partial charge >= 0.3 is 0 Å². The number of rotatable bonds is 5. The van der Waals surface area contributed by atoms with E-state index in [9.17, 15) is 0 Å². The van der Waals surface area contributed by atoms with Crippen molar-refractivity contribution >= 4 is 21.7 Å². The average Bonchev–Trinajstić information content (AvgIpc) is 2.39. The van der Waals surface area contributed by atoms with E-state index in [1.165, 1.54) is 0 Å². The second kappa shape index (κ2) is 6.52. The molecular weight excluding hydrogens is 292 g/mol. The highest BCUT2D eigenvalue weighted by molar-refractivity contribution is 9.10. The van der Waals surface area contributed by atoms with Crippen LogP contribution in [-0.2, 0) is 18.0 Å². The fourth-order valence-electron chi connectivity index (χ4n) is 1.60. The lowest BCUT2D eigenvalue weighted by molar-refractivity contribution is 0.104. The first-order valence-electron chi connectivity index (χ1n) is 5.74. The molecule has 0 radical (unpaired) electrons. The van der Waals surface area contributed by atoms with Crippen molar-refractivity contribution in [1.29, 1.82) is 0 Å². The highest BCUT2D eigenvalue weighted by atomic mass is 79.9. The Bertz CT molecular complexity index is 517. The van der Waals surface area contributed by atoms with Crippen LogP contribution in [0.25, 0.3) is 0 Å². The fraction of sp³-hybridized carbons (Fsp3) is 0.214. The van der Waals surface area contributed by atoms with Crippen molar-refractivity contribution in [3.63, 3.8) is 0 Å². The highest BCUT2D eigenvalue weighted by Gasteiger charge is 1.98. The van der Waals surface area contributed by atoms with Gasteiger partial charge in [0.25, 0.3) is 0 Å². The quantitative estimate of drug-likeness (QED) is 0.916. The van der Waals surface area contributed by atoms with E-state index in [4.69, 9.17) is 4.74 Å². The van der Waals surface area contributed by atoms with Crippen molar-refractivity contribution in [2.24, 2.45) is 0 Å². The largest absolute Gasteiger partial charge is 0.373 e. The zero-order valence-electron chi connectivity index (χ0n) is 10.2. The Morgan fingerprint density at radius 2 is 2.00 bits per heavy atom. The molecule has 0 saturated carbocycles. The lowest BCUT2D eigenvalue weighted by Crippen LogP contribution is -1.99. The standard InChI is InChI=1S/C14H15BrN2O/c1-16-14-7-3-6-13(17-14)10-18-9-11-4-2-5-12(15)8-11/h2-8H,9-10H2,1H3,(H,16,17). The zero-order chi connectivity index (χ0) is 12.8. The topological polar surface area (TPSA) is 34.1 Å². The van der Waals surface area contributed by atoms with Crippen LogP contribution in [0.5, 0.6) is 0 Å². The molecule has 0 aliphatic carbocycles. The van der Waals surface area contributed by atoms with Crippen LogP contribution >= 0.6 is 15.9 Å². The summed E-state index contributed by atoms with van der Waals surface area (Å²) in [5.41, 5.74) is 2.07. The fourth-order valence-corrected chi connectivity index (χ4v) is 2.05. The number of anilines is 1. The normalized spacial score (nSPS) is 10.3. The summed E-state index contributed by atoms with van der Waals surface area (Å²) < 4.78 is 6.72. The minimum absolute atomic E-state index is 0.516. The van der Waals surface area contributed by atoms with Gasteiger partial charge in [0.2, 0.25) is 0 Å². The molecule has 1 aromatic heterocycles. The molecule has 2 rings (SSSR count). The van der Waals surface area contributed by atoms with Gasteiger partial charge < -0.3 is 10.1 Å². The molecule has 0 aliphatic heterocycles. The number of aromatic nitrogens is 1. The second-order valence-corrected chi connectivity index (χ2v) is 4.80. The van der Waals surface area contributed by atoms with Gasteiger partial charge in [-0.15, -0.1) is 0 Å². The average molecular weight is 307 g/mol. The maximum Gasteiger partial charge on any atom is 0.126 e. The summed E-state index contributed by atoms with van der Waals surface area (Å²) in [6, 6.07) is 14.0. The molecule has 18 heavy (non-hydrogen) atoms. The molecule has 1 aromatic carbocycles. The smallest absolute Gasteiger partial charge is 0.126 e. The van der Waals surface area contributed by atoms with Crippen molar-refractivity contribution in [3.05, 3.63) is 58.2 Å². The summed E-state index contributed by atoms with van der Waals surface area (Å²) in [5.74, 6) is 0.860. The van der Waals surface area contributed by atoms with E-state index in [0.717, 1.165) is 21.5 Å². The van der Waals surface area contributed by atoms with Crippen molar-refractivity contribution in [2.45, 2.75) is 13.2 Å². The summed E-state index contributed by atoms with van der Waals surface area (Å²) in [6.07, 6.45) is 0. The molecule has 0 bridgehead atoms. The molecular formula is C14H15BrN2O. The first-order valence-corrected chi connectivity index (χ1v) is 6.53. The van der Waals surface area contributed by atoms with Gasteiger partial charge in [-0.2, -0.15) is 0 Å². The van der Waals surface area contributed by atoms with E-state index in [1.54, 1.807) is 0 Å². The number of ether oxygens (including phenoxy) is 1. The molecule has 0 saturated heterocycles. The summed E-state index contributed by atoms with van der Waals surface area (Å²) in [7, 11) is 1.86. The van der Waals surface area contributed by atoms with Crippen LogP contribution in [0.15, 0.2) is 46.9 Å². The van der Waals surface area contributed by atoms with Gasteiger partial charge in [-0.1, -0.05) is 34.1 Å². The Balaban J connectivity index is 1.88. The van der Waals surface area contributed by atoms with Crippen LogP contribution in [0.3, 0.4) is 0 Å². The third-order valence-corrected chi connectivity index (χ3v) is 2.96. The van der Waals surface area contributed by atoms with E-state index < -0.39 is 0 Å². The van der Waals surface area contributed by atoms with E-state index >= 15 is 0 Å². The third-order valence-electron chi connectivity index (χ3n) is 2.47. The highest BCUT2D eigenvalue weighted by Crippen LogP contribution is 2.13. The van der Waals surface area contributed by atoms with Gasteiger partial charge in [0.1, 0.15) is 5.82 Å². The van der Waals surface area contributed by atoms with Crippen LogP contribution in [-0.4, -0.2) is 12.0 Å². The number of hydrogen-bond donors (Lipinski definition) is 1. The molecule has 0 unspecified atom stereocenters. The number of pyridine rings is 1. The second-order valence-electron chi connectivity index (χ2n) is 3.89.